The predicted molar refractivity (Wildman–Crippen MR) is 55.3 cm³/mol. The number of amides is 1. The zero-order valence-electron chi connectivity index (χ0n) is 8.67. The summed E-state index contributed by atoms with van der Waals surface area (Å²) < 4.78 is 6.27. The predicted octanol–water partition coefficient (Wildman–Crippen LogP) is -0.0797. The van der Waals surface area contributed by atoms with Crippen LogP contribution in [-0.2, 0) is 13.6 Å². The molecule has 7 heteroatoms. The third-order valence-corrected chi connectivity index (χ3v) is 2.14. The molecule has 84 valence electrons. The molecule has 0 aromatic carbocycles. The lowest BCUT2D eigenvalue weighted by Gasteiger charge is -2.01. The summed E-state index contributed by atoms with van der Waals surface area (Å²) in [5, 5.41) is 10.1. The third kappa shape index (κ3) is 1.88. The maximum absolute atomic E-state index is 11.7. The lowest BCUT2D eigenvalue weighted by atomic mass is 10.3. The molecule has 0 aliphatic carbocycles. The Kier molecular flexibility index (Phi) is 2.59. The average molecular weight is 221 g/mol. The number of aromatic nitrogens is 3. The molecule has 2 aromatic heterocycles. The van der Waals surface area contributed by atoms with Crippen molar-refractivity contribution in [1.82, 2.24) is 20.3 Å². The monoisotopic (exact) mass is 221 g/mol. The van der Waals surface area contributed by atoms with Crippen molar-refractivity contribution in [2.75, 3.05) is 5.73 Å². The summed E-state index contributed by atoms with van der Waals surface area (Å²) in [6.07, 6.45) is 2.94. The van der Waals surface area contributed by atoms with Gasteiger partial charge in [-0.2, -0.15) is 5.10 Å². The second kappa shape index (κ2) is 4.05. The normalized spacial score (nSPS) is 10.3. The van der Waals surface area contributed by atoms with Crippen LogP contribution in [0.25, 0.3) is 0 Å². The van der Waals surface area contributed by atoms with Gasteiger partial charge in [0.15, 0.2) is 5.76 Å². The van der Waals surface area contributed by atoms with E-state index >= 15 is 0 Å². The molecule has 0 radical (unpaired) electrons. The number of nitrogens with zero attached hydrogens (tertiary/aromatic N) is 3. The van der Waals surface area contributed by atoms with Crippen molar-refractivity contribution in [3.05, 3.63) is 29.8 Å². The number of nitrogens with one attached hydrogen (secondary N) is 1. The van der Waals surface area contributed by atoms with E-state index in [9.17, 15) is 4.79 Å². The molecule has 2 aromatic rings. The second-order valence-electron chi connectivity index (χ2n) is 3.23. The standard InChI is InChI=1S/C9H11N5O2/c1-14-8(10)7(5-12-14)9(15)11-4-6-2-3-13-16-6/h2-3,5H,4,10H2,1H3,(H,11,15). The minimum atomic E-state index is -0.290. The third-order valence-electron chi connectivity index (χ3n) is 2.14. The number of anilines is 1. The van der Waals surface area contributed by atoms with Crippen LogP contribution < -0.4 is 11.1 Å². The van der Waals surface area contributed by atoms with Gasteiger partial charge in [-0.15, -0.1) is 0 Å². The van der Waals surface area contributed by atoms with Gasteiger partial charge in [0.25, 0.3) is 5.91 Å². The average Bonchev–Trinajstić information content (AvgIpc) is 2.88. The molecular weight excluding hydrogens is 210 g/mol. The van der Waals surface area contributed by atoms with Crippen LogP contribution in [0.5, 0.6) is 0 Å². The number of rotatable bonds is 3. The molecule has 2 heterocycles. The van der Waals surface area contributed by atoms with Crippen molar-refractivity contribution in [3.63, 3.8) is 0 Å². The highest BCUT2D eigenvalue weighted by Crippen LogP contribution is 2.09. The second-order valence-corrected chi connectivity index (χ2v) is 3.23. The zero-order valence-corrected chi connectivity index (χ0v) is 8.67. The molecule has 2 rings (SSSR count). The highest BCUT2D eigenvalue weighted by Gasteiger charge is 2.13. The Bertz CT molecular complexity index is 488. The van der Waals surface area contributed by atoms with Crippen molar-refractivity contribution in [3.8, 4) is 0 Å². The van der Waals surface area contributed by atoms with Gasteiger partial charge in [0.05, 0.1) is 18.9 Å². The Hall–Kier alpha value is -2.31. The largest absolute Gasteiger partial charge is 0.383 e. The Morgan fingerprint density at radius 1 is 1.69 bits per heavy atom. The topological polar surface area (TPSA) is 99.0 Å². The smallest absolute Gasteiger partial charge is 0.257 e. The lowest BCUT2D eigenvalue weighted by molar-refractivity contribution is 0.0948. The van der Waals surface area contributed by atoms with Gasteiger partial charge in [-0.25, -0.2) is 0 Å². The molecule has 0 unspecified atom stereocenters. The summed E-state index contributed by atoms with van der Waals surface area (Å²) >= 11 is 0. The van der Waals surface area contributed by atoms with E-state index in [0.717, 1.165) is 0 Å². The summed E-state index contributed by atoms with van der Waals surface area (Å²) in [5.41, 5.74) is 6.01. The lowest BCUT2D eigenvalue weighted by Crippen LogP contribution is -2.23. The van der Waals surface area contributed by atoms with Crippen LogP contribution in [0, 0.1) is 0 Å². The first-order chi connectivity index (χ1) is 7.68. The van der Waals surface area contributed by atoms with Gasteiger partial charge >= 0.3 is 0 Å². The molecule has 3 N–H and O–H groups in total. The first-order valence-corrected chi connectivity index (χ1v) is 4.63. The molecule has 16 heavy (non-hydrogen) atoms. The van der Waals surface area contributed by atoms with Crippen LogP contribution in [0.2, 0.25) is 0 Å². The number of hydrogen-bond acceptors (Lipinski definition) is 5. The molecule has 0 spiro atoms. The van der Waals surface area contributed by atoms with Crippen LogP contribution in [0.15, 0.2) is 23.0 Å². The summed E-state index contributed by atoms with van der Waals surface area (Å²) in [6, 6.07) is 1.67. The number of aryl methyl sites for hydroxylation is 1. The van der Waals surface area contributed by atoms with Crippen LogP contribution in [0.3, 0.4) is 0 Å². The number of nitrogen functional groups attached to an aromatic ring is 1. The van der Waals surface area contributed by atoms with E-state index in [1.165, 1.54) is 17.1 Å². The first kappa shape index (κ1) is 10.2. The van der Waals surface area contributed by atoms with E-state index in [4.69, 9.17) is 10.3 Å². The minimum absolute atomic E-state index is 0.271. The maximum Gasteiger partial charge on any atom is 0.257 e. The highest BCUT2D eigenvalue weighted by atomic mass is 16.5. The fourth-order valence-electron chi connectivity index (χ4n) is 1.22. The van der Waals surface area contributed by atoms with E-state index in [1.54, 1.807) is 13.1 Å². The van der Waals surface area contributed by atoms with E-state index in [2.05, 4.69) is 15.6 Å². The van der Waals surface area contributed by atoms with Gasteiger partial charge in [-0.1, -0.05) is 5.16 Å². The van der Waals surface area contributed by atoms with E-state index in [-0.39, 0.29) is 12.5 Å². The van der Waals surface area contributed by atoms with Gasteiger partial charge in [0.1, 0.15) is 11.4 Å². The van der Waals surface area contributed by atoms with Gasteiger partial charge in [-0.05, 0) is 0 Å². The molecular formula is C9H11N5O2. The fourth-order valence-corrected chi connectivity index (χ4v) is 1.22. The van der Waals surface area contributed by atoms with Gasteiger partial charge < -0.3 is 15.6 Å². The number of carbonyl (C=O) groups excluding carboxylic acids is 1. The molecule has 0 atom stereocenters. The first-order valence-electron chi connectivity index (χ1n) is 4.63. The summed E-state index contributed by atoms with van der Waals surface area (Å²) in [6.45, 7) is 0.271. The van der Waals surface area contributed by atoms with Crippen molar-refractivity contribution in [1.29, 1.82) is 0 Å². The van der Waals surface area contributed by atoms with Gasteiger partial charge in [0, 0.05) is 13.1 Å². The summed E-state index contributed by atoms with van der Waals surface area (Å²) in [4.78, 5) is 11.7. The van der Waals surface area contributed by atoms with Crippen molar-refractivity contribution in [2.45, 2.75) is 6.54 Å². The molecule has 1 amide bonds. The van der Waals surface area contributed by atoms with Gasteiger partial charge in [0.2, 0.25) is 0 Å². The highest BCUT2D eigenvalue weighted by molar-refractivity contribution is 5.98. The van der Waals surface area contributed by atoms with Crippen LogP contribution in [-0.4, -0.2) is 20.8 Å². The Balaban J connectivity index is 2.01. The molecule has 0 aliphatic heterocycles. The number of nitrogens with two attached hydrogens (primary N) is 1. The fraction of sp³-hybridized carbons (Fsp3) is 0.222. The number of hydrogen-bond donors (Lipinski definition) is 2. The molecule has 0 aliphatic rings. The van der Waals surface area contributed by atoms with Crippen LogP contribution in [0.4, 0.5) is 5.82 Å². The Morgan fingerprint density at radius 3 is 3.06 bits per heavy atom. The minimum Gasteiger partial charge on any atom is -0.383 e. The Morgan fingerprint density at radius 2 is 2.50 bits per heavy atom. The van der Waals surface area contributed by atoms with Gasteiger partial charge in [-0.3, -0.25) is 9.48 Å². The molecule has 0 bridgehead atoms. The summed E-state index contributed by atoms with van der Waals surface area (Å²) in [5.74, 6) is 0.618. The molecule has 7 nitrogen and oxygen atoms in total. The van der Waals surface area contributed by atoms with Crippen molar-refractivity contribution in [2.24, 2.45) is 7.05 Å². The van der Waals surface area contributed by atoms with E-state index in [0.29, 0.717) is 17.1 Å². The van der Waals surface area contributed by atoms with E-state index in [1.807, 2.05) is 0 Å². The summed E-state index contributed by atoms with van der Waals surface area (Å²) in [7, 11) is 1.67. The maximum atomic E-state index is 11.7. The molecule has 0 fully saturated rings. The zero-order chi connectivity index (χ0) is 11.5. The molecule has 0 saturated heterocycles. The van der Waals surface area contributed by atoms with Crippen LogP contribution in [0.1, 0.15) is 16.1 Å². The Labute approximate surface area is 91.2 Å². The van der Waals surface area contributed by atoms with Crippen LogP contribution >= 0.6 is 0 Å². The quantitative estimate of drug-likeness (QED) is 0.755. The SMILES string of the molecule is Cn1ncc(C(=O)NCc2ccno2)c1N. The number of carbonyl (C=O) groups is 1. The van der Waals surface area contributed by atoms with Crippen molar-refractivity contribution >= 4 is 11.7 Å². The van der Waals surface area contributed by atoms with E-state index < -0.39 is 0 Å². The molecule has 0 saturated carbocycles. The van der Waals surface area contributed by atoms with Crippen molar-refractivity contribution < 1.29 is 9.32 Å².